The van der Waals surface area contributed by atoms with E-state index in [-0.39, 0.29) is 12.3 Å². The number of aliphatic hydroxyl groups excluding tert-OH is 3. The summed E-state index contributed by atoms with van der Waals surface area (Å²) in [6.07, 6.45) is -2.25. The predicted molar refractivity (Wildman–Crippen MR) is 105 cm³/mol. The van der Waals surface area contributed by atoms with Crippen molar-refractivity contribution >= 4 is 40.9 Å². The largest absolute Gasteiger partial charge is 0.461 e. The van der Waals surface area contributed by atoms with E-state index in [0.29, 0.717) is 14.9 Å². The fraction of sp³-hybridized carbons (Fsp3) is 0.471. The number of esters is 1. The molecular formula is C17H19Cl2N3O6S. The molecule has 12 heteroatoms. The van der Waals surface area contributed by atoms with Gasteiger partial charge in [0.2, 0.25) is 0 Å². The van der Waals surface area contributed by atoms with Crippen molar-refractivity contribution in [2.45, 2.75) is 41.6 Å². The first-order chi connectivity index (χ1) is 13.8. The standard InChI is InChI=1S/C17H19Cl2N3O6S/c1-2-27-16(26)11-6-22(21-20-11)13-14(24)12(7-23)28-17(15(13)25)29-8-3-4-9(18)10(19)5-8/h3-6,12-15,17,23-25H,2,7H2,1H3/t12-,13+,14+,15-,17?/m1/s1. The van der Waals surface area contributed by atoms with Gasteiger partial charge in [-0.1, -0.05) is 40.2 Å². The summed E-state index contributed by atoms with van der Waals surface area (Å²) in [4.78, 5) is 12.5. The van der Waals surface area contributed by atoms with Gasteiger partial charge < -0.3 is 24.8 Å². The Morgan fingerprint density at radius 2 is 2.07 bits per heavy atom. The molecule has 1 aromatic heterocycles. The highest BCUT2D eigenvalue weighted by Crippen LogP contribution is 2.39. The van der Waals surface area contributed by atoms with Crippen molar-refractivity contribution in [3.63, 3.8) is 0 Å². The van der Waals surface area contributed by atoms with Crippen LogP contribution in [0.5, 0.6) is 0 Å². The zero-order valence-electron chi connectivity index (χ0n) is 15.2. The van der Waals surface area contributed by atoms with Gasteiger partial charge in [0.25, 0.3) is 0 Å². The number of hydrogen-bond acceptors (Lipinski definition) is 9. The molecule has 1 aliphatic heterocycles. The number of aliphatic hydroxyl groups is 3. The summed E-state index contributed by atoms with van der Waals surface area (Å²) in [5, 5.41) is 39.3. The third-order valence-electron chi connectivity index (χ3n) is 4.29. The Morgan fingerprint density at radius 1 is 1.31 bits per heavy atom. The molecule has 158 valence electrons. The summed E-state index contributed by atoms with van der Waals surface area (Å²) in [5.74, 6) is -0.671. The maximum absolute atomic E-state index is 11.8. The summed E-state index contributed by atoms with van der Waals surface area (Å²) >= 11 is 13.1. The van der Waals surface area contributed by atoms with Crippen molar-refractivity contribution in [3.8, 4) is 0 Å². The summed E-state index contributed by atoms with van der Waals surface area (Å²) < 4.78 is 11.7. The van der Waals surface area contributed by atoms with E-state index in [2.05, 4.69) is 10.3 Å². The van der Waals surface area contributed by atoms with E-state index >= 15 is 0 Å². The number of thioether (sulfide) groups is 1. The maximum atomic E-state index is 11.8. The van der Waals surface area contributed by atoms with E-state index in [0.717, 1.165) is 11.8 Å². The van der Waals surface area contributed by atoms with Gasteiger partial charge in [-0.05, 0) is 25.1 Å². The Kier molecular flexibility index (Phi) is 7.38. The lowest BCUT2D eigenvalue weighted by molar-refractivity contribution is -0.178. The molecule has 0 spiro atoms. The molecule has 0 radical (unpaired) electrons. The van der Waals surface area contributed by atoms with Crippen molar-refractivity contribution < 1.29 is 29.6 Å². The average Bonchev–Trinajstić information content (AvgIpc) is 3.17. The molecule has 1 unspecified atom stereocenters. The number of aromatic nitrogens is 3. The first kappa shape index (κ1) is 22.3. The summed E-state index contributed by atoms with van der Waals surface area (Å²) in [7, 11) is 0. The number of carbonyl (C=O) groups is 1. The van der Waals surface area contributed by atoms with Crippen LogP contribution in [0.4, 0.5) is 0 Å². The Hall–Kier alpha value is -1.40. The highest BCUT2D eigenvalue weighted by molar-refractivity contribution is 7.99. The van der Waals surface area contributed by atoms with Crippen LogP contribution in [-0.2, 0) is 9.47 Å². The molecule has 29 heavy (non-hydrogen) atoms. The Balaban J connectivity index is 1.85. The molecule has 3 rings (SSSR count). The second-order valence-corrected chi connectivity index (χ2v) is 8.18. The lowest BCUT2D eigenvalue weighted by Crippen LogP contribution is -2.55. The zero-order valence-corrected chi connectivity index (χ0v) is 17.5. The lowest BCUT2D eigenvalue weighted by atomic mass is 9.97. The minimum atomic E-state index is -1.29. The molecule has 0 amide bonds. The quantitative estimate of drug-likeness (QED) is 0.546. The number of hydrogen-bond donors (Lipinski definition) is 3. The summed E-state index contributed by atoms with van der Waals surface area (Å²) in [6.45, 7) is 1.34. The Morgan fingerprint density at radius 3 is 2.72 bits per heavy atom. The normalized spacial score (nSPS) is 27.0. The monoisotopic (exact) mass is 463 g/mol. The molecule has 1 fully saturated rings. The van der Waals surface area contributed by atoms with Crippen LogP contribution in [0.25, 0.3) is 0 Å². The Bertz CT molecular complexity index is 869. The number of carbonyl (C=O) groups excluding carboxylic acids is 1. The van der Waals surface area contributed by atoms with Crippen molar-refractivity contribution in [1.29, 1.82) is 0 Å². The van der Waals surface area contributed by atoms with Crippen molar-refractivity contribution in [2.24, 2.45) is 0 Å². The van der Waals surface area contributed by atoms with E-state index < -0.39 is 42.4 Å². The van der Waals surface area contributed by atoms with E-state index in [9.17, 15) is 20.1 Å². The second-order valence-electron chi connectivity index (χ2n) is 6.20. The zero-order chi connectivity index (χ0) is 21.1. The Labute approximate surface area is 180 Å². The average molecular weight is 464 g/mol. The fourth-order valence-corrected chi connectivity index (χ4v) is 4.35. The molecule has 0 aliphatic carbocycles. The van der Waals surface area contributed by atoms with E-state index in [4.69, 9.17) is 32.7 Å². The molecule has 0 bridgehead atoms. The van der Waals surface area contributed by atoms with Crippen LogP contribution in [0.3, 0.4) is 0 Å². The van der Waals surface area contributed by atoms with E-state index in [1.165, 1.54) is 10.9 Å². The van der Waals surface area contributed by atoms with Gasteiger partial charge in [0.15, 0.2) is 5.69 Å². The smallest absolute Gasteiger partial charge is 0.360 e. The van der Waals surface area contributed by atoms with Crippen LogP contribution < -0.4 is 0 Å². The van der Waals surface area contributed by atoms with Gasteiger partial charge >= 0.3 is 5.97 Å². The number of nitrogens with zero attached hydrogens (tertiary/aromatic N) is 3. The third kappa shape index (κ3) is 4.85. The van der Waals surface area contributed by atoms with E-state index in [1.807, 2.05) is 0 Å². The summed E-state index contributed by atoms with van der Waals surface area (Å²) in [6, 6.07) is 3.92. The van der Waals surface area contributed by atoms with Crippen LogP contribution in [0, 0.1) is 0 Å². The van der Waals surface area contributed by atoms with E-state index in [1.54, 1.807) is 25.1 Å². The SMILES string of the molecule is CCOC(=O)c1cn([C@H]2[C@@H](O)[C@@H](CO)OC(Sc3ccc(Cl)c(Cl)c3)[C@@H]2O)nn1. The number of halogens is 2. The highest BCUT2D eigenvalue weighted by Gasteiger charge is 2.46. The van der Waals surface area contributed by atoms with Crippen LogP contribution in [0.15, 0.2) is 29.3 Å². The molecule has 1 aliphatic rings. The molecule has 0 saturated carbocycles. The van der Waals surface area contributed by atoms with Gasteiger partial charge in [-0.15, -0.1) is 5.10 Å². The molecule has 1 saturated heterocycles. The molecule has 1 aromatic carbocycles. The minimum Gasteiger partial charge on any atom is -0.461 e. The van der Waals surface area contributed by atoms with Gasteiger partial charge in [-0.2, -0.15) is 0 Å². The third-order valence-corrected chi connectivity index (χ3v) is 6.18. The van der Waals surface area contributed by atoms with Crippen LogP contribution in [0.2, 0.25) is 10.0 Å². The fourth-order valence-electron chi connectivity index (χ4n) is 2.88. The summed E-state index contributed by atoms with van der Waals surface area (Å²) in [5.41, 5.74) is -0.931. The van der Waals surface area contributed by atoms with Gasteiger partial charge in [0.1, 0.15) is 29.8 Å². The van der Waals surface area contributed by atoms with Gasteiger partial charge in [0, 0.05) is 4.90 Å². The van der Waals surface area contributed by atoms with Crippen LogP contribution in [0.1, 0.15) is 23.5 Å². The van der Waals surface area contributed by atoms with Gasteiger partial charge in [0.05, 0.1) is 29.5 Å². The first-order valence-electron chi connectivity index (χ1n) is 8.68. The van der Waals surface area contributed by atoms with Crippen molar-refractivity contribution in [3.05, 3.63) is 40.1 Å². The number of ether oxygens (including phenoxy) is 2. The maximum Gasteiger partial charge on any atom is 0.360 e. The number of rotatable bonds is 6. The van der Waals surface area contributed by atoms with Crippen molar-refractivity contribution in [1.82, 2.24) is 15.0 Å². The van der Waals surface area contributed by atoms with Crippen LogP contribution in [-0.4, -0.2) is 73.2 Å². The van der Waals surface area contributed by atoms with Gasteiger partial charge in [-0.25, -0.2) is 9.48 Å². The molecule has 2 heterocycles. The minimum absolute atomic E-state index is 0.0630. The second kappa shape index (κ2) is 9.61. The first-order valence-corrected chi connectivity index (χ1v) is 10.3. The molecular weight excluding hydrogens is 445 g/mol. The van der Waals surface area contributed by atoms with Crippen LogP contribution >= 0.6 is 35.0 Å². The topological polar surface area (TPSA) is 127 Å². The number of benzene rings is 1. The lowest BCUT2D eigenvalue weighted by Gasteiger charge is -2.41. The van der Waals surface area contributed by atoms with Gasteiger partial charge in [-0.3, -0.25) is 0 Å². The molecule has 9 nitrogen and oxygen atoms in total. The predicted octanol–water partition coefficient (Wildman–Crippen LogP) is 1.53. The molecule has 3 N–H and O–H groups in total. The molecule has 2 aromatic rings. The highest BCUT2D eigenvalue weighted by atomic mass is 35.5. The molecule has 5 atom stereocenters. The van der Waals surface area contributed by atoms with Crippen molar-refractivity contribution in [2.75, 3.05) is 13.2 Å².